The molecule has 0 amide bonds. The Kier molecular flexibility index (Phi) is 12.6. The third-order valence-corrected chi connectivity index (χ3v) is 7.02. The summed E-state index contributed by atoms with van der Waals surface area (Å²) in [7, 11) is 3.18. The van der Waals surface area contributed by atoms with Gasteiger partial charge in [-0.1, -0.05) is 78.9 Å². The summed E-state index contributed by atoms with van der Waals surface area (Å²) < 4.78 is 11.2. The van der Waals surface area contributed by atoms with E-state index in [1.807, 2.05) is 67.7 Å². The van der Waals surface area contributed by atoms with Crippen molar-refractivity contribution in [2.45, 2.75) is 32.4 Å². The molecular weight excluding hydrogens is 574 g/mol. The molecule has 1 aliphatic heterocycles. The van der Waals surface area contributed by atoms with E-state index >= 15 is 0 Å². The number of rotatable bonds is 10. The van der Waals surface area contributed by atoms with E-state index in [0.717, 1.165) is 11.1 Å². The second kappa shape index (κ2) is 15.6. The zero-order valence-corrected chi connectivity index (χ0v) is 25.2. The topological polar surface area (TPSA) is 143 Å². The first-order valence-corrected chi connectivity index (χ1v) is 13.2. The number of ether oxygens (including phenoxy) is 2. The first kappa shape index (κ1) is 34.7. The van der Waals surface area contributed by atoms with Crippen molar-refractivity contribution in [3.8, 4) is 0 Å². The molecule has 3 N–H and O–H groups in total. The lowest BCUT2D eigenvalue weighted by molar-refractivity contribution is -0.385. The van der Waals surface area contributed by atoms with Gasteiger partial charge in [0, 0.05) is 36.1 Å². The van der Waals surface area contributed by atoms with Crippen molar-refractivity contribution in [2.24, 2.45) is 0 Å². The number of hydrogen-bond acceptors (Lipinski definition) is 8. The molecule has 0 saturated carbocycles. The molecule has 3 aromatic carbocycles. The molecule has 2 atom stereocenters. The van der Waals surface area contributed by atoms with Crippen LogP contribution in [0.15, 0.2) is 107 Å². The quantitative estimate of drug-likeness (QED) is 0.192. The van der Waals surface area contributed by atoms with Crippen LogP contribution in [0.4, 0.5) is 5.69 Å². The summed E-state index contributed by atoms with van der Waals surface area (Å²) >= 11 is 0. The second-order valence-electron chi connectivity index (χ2n) is 9.93. The largest absolute Gasteiger partial charge is 0.466 e. The van der Waals surface area contributed by atoms with Gasteiger partial charge in [0.1, 0.15) is 6.10 Å². The molecule has 1 aliphatic rings. The van der Waals surface area contributed by atoms with Crippen LogP contribution in [-0.2, 0) is 25.6 Å². The highest BCUT2D eigenvalue weighted by Gasteiger charge is 2.41. The number of methoxy groups -OCH3 is 1. The summed E-state index contributed by atoms with van der Waals surface area (Å²) in [6, 6.07) is 25.4. The van der Waals surface area contributed by atoms with Crippen LogP contribution in [0.25, 0.3) is 0 Å². The molecule has 10 nitrogen and oxygen atoms in total. The number of benzene rings is 3. The molecule has 4 rings (SSSR count). The van der Waals surface area contributed by atoms with Gasteiger partial charge in [-0.2, -0.15) is 0 Å². The normalized spacial score (nSPS) is 15.0. The fraction of sp³-hybridized carbons (Fsp3) is 0.250. The molecule has 43 heavy (non-hydrogen) atoms. The number of para-hydroxylation sites is 1. The number of nitro groups is 1. The van der Waals surface area contributed by atoms with E-state index in [2.05, 4.69) is 10.2 Å². The summed E-state index contributed by atoms with van der Waals surface area (Å²) in [4.78, 5) is 40.6. The van der Waals surface area contributed by atoms with Crippen molar-refractivity contribution in [3.05, 3.63) is 134 Å². The number of nitrogens with zero attached hydrogens (tertiary/aromatic N) is 2. The Morgan fingerprint density at radius 2 is 1.44 bits per heavy atom. The lowest BCUT2D eigenvalue weighted by Gasteiger charge is -2.31. The summed E-state index contributed by atoms with van der Waals surface area (Å²) in [5.74, 6) is -2.46. The zero-order valence-electron chi connectivity index (χ0n) is 24.4. The lowest BCUT2D eigenvalue weighted by atomic mass is 9.79. The number of allylic oxidation sites excluding steroid dienone is 2. The summed E-state index contributed by atoms with van der Waals surface area (Å²) in [5.41, 5.74) is 2.99. The van der Waals surface area contributed by atoms with Gasteiger partial charge in [0.05, 0.1) is 29.1 Å². The van der Waals surface area contributed by atoms with E-state index in [0.29, 0.717) is 24.5 Å². The van der Waals surface area contributed by atoms with Gasteiger partial charge in [-0.15, -0.1) is 12.4 Å². The van der Waals surface area contributed by atoms with Gasteiger partial charge in [-0.3, -0.25) is 15.0 Å². The minimum absolute atomic E-state index is 0. The zero-order chi connectivity index (χ0) is 29.5. The van der Waals surface area contributed by atoms with Gasteiger partial charge in [0.25, 0.3) is 5.69 Å². The van der Waals surface area contributed by atoms with E-state index in [9.17, 15) is 19.7 Å². The maximum Gasteiger partial charge on any atom is 0.337 e. The predicted molar refractivity (Wildman–Crippen MR) is 165 cm³/mol. The average molecular weight is 610 g/mol. The van der Waals surface area contributed by atoms with Crippen molar-refractivity contribution >= 4 is 30.0 Å². The van der Waals surface area contributed by atoms with Gasteiger partial charge >= 0.3 is 11.9 Å². The molecule has 0 bridgehead atoms. The molecule has 0 aromatic heterocycles. The van der Waals surface area contributed by atoms with Gasteiger partial charge in [-0.25, -0.2) is 9.59 Å². The third-order valence-electron chi connectivity index (χ3n) is 7.02. The van der Waals surface area contributed by atoms with E-state index in [4.69, 9.17) is 9.47 Å². The molecule has 2 unspecified atom stereocenters. The highest BCUT2D eigenvalue weighted by Crippen LogP contribution is 2.43. The first-order chi connectivity index (χ1) is 19.7. The van der Waals surface area contributed by atoms with Crippen molar-refractivity contribution in [1.82, 2.24) is 10.2 Å². The van der Waals surface area contributed by atoms with Crippen molar-refractivity contribution in [1.29, 1.82) is 0 Å². The summed E-state index contributed by atoms with van der Waals surface area (Å²) in [5, 5.41) is 15.1. The number of hydrogen-bond donors (Lipinski definition) is 1. The average Bonchev–Trinajstić information content (AvgIpc) is 2.96. The van der Waals surface area contributed by atoms with Crippen molar-refractivity contribution in [2.75, 3.05) is 20.7 Å². The molecule has 1 heterocycles. The molecule has 0 fully saturated rings. The number of carbonyl (C=O) groups excluding carboxylic acids is 2. The number of nitro benzene ring substituents is 1. The predicted octanol–water partition coefficient (Wildman–Crippen LogP) is 5.02. The minimum Gasteiger partial charge on any atom is -0.466 e. The van der Waals surface area contributed by atoms with Crippen LogP contribution in [0.3, 0.4) is 0 Å². The van der Waals surface area contributed by atoms with E-state index in [1.54, 1.807) is 32.0 Å². The Morgan fingerprint density at radius 3 is 2.02 bits per heavy atom. The number of dihydropyridines is 1. The Bertz CT molecular complexity index is 1490. The molecule has 3 aromatic rings. The Morgan fingerprint density at radius 1 is 0.907 bits per heavy atom. The maximum absolute atomic E-state index is 14.1. The molecular formula is C32H36ClN3O7. The van der Waals surface area contributed by atoms with Crippen LogP contribution >= 0.6 is 12.4 Å². The molecule has 0 spiro atoms. The molecule has 0 saturated heterocycles. The van der Waals surface area contributed by atoms with Crippen LogP contribution in [0.1, 0.15) is 42.6 Å². The van der Waals surface area contributed by atoms with Gasteiger partial charge in [0.15, 0.2) is 0 Å². The highest BCUT2D eigenvalue weighted by molar-refractivity contribution is 6.00. The number of halogens is 1. The maximum atomic E-state index is 14.1. The molecule has 0 aliphatic carbocycles. The monoisotopic (exact) mass is 609 g/mol. The van der Waals surface area contributed by atoms with E-state index in [-0.39, 0.29) is 40.3 Å². The van der Waals surface area contributed by atoms with E-state index in [1.165, 1.54) is 13.2 Å². The minimum atomic E-state index is -1.07. The van der Waals surface area contributed by atoms with Gasteiger partial charge in [-0.05, 0) is 32.0 Å². The fourth-order valence-electron chi connectivity index (χ4n) is 5.17. The van der Waals surface area contributed by atoms with Gasteiger partial charge in [0.2, 0.25) is 0 Å². The number of esters is 2. The first-order valence-electron chi connectivity index (χ1n) is 13.2. The molecule has 11 heteroatoms. The van der Waals surface area contributed by atoms with Crippen molar-refractivity contribution < 1.29 is 29.5 Å². The van der Waals surface area contributed by atoms with Crippen molar-refractivity contribution in [3.63, 3.8) is 0 Å². The van der Waals surface area contributed by atoms with Crippen LogP contribution in [-0.4, -0.2) is 47.9 Å². The fourth-order valence-corrected chi connectivity index (χ4v) is 5.17. The number of nitrogens with one attached hydrogen (secondary N) is 1. The lowest BCUT2D eigenvalue weighted by Crippen LogP contribution is -2.34. The number of likely N-dealkylation sites (N-methyl/N-ethyl adjacent to an activating group) is 1. The standard InChI is InChI=1S/C32H33N3O6.ClH.H2O/c1-21-28(31(36)40-4)30(25-17-11-12-18-26(25)35(38)39)29(22(2)33-21)32(37)41-27(24-15-9-6-10-16-24)20-34(3)19-23-13-7-5-8-14-23;;/h5-18,27,30,33H,19-20H2,1-4H3;1H;1H2. The summed E-state index contributed by atoms with van der Waals surface area (Å²) in [6.07, 6.45) is -0.655. The Hall–Kier alpha value is -4.51. The van der Waals surface area contributed by atoms with Crippen LogP contribution < -0.4 is 5.32 Å². The summed E-state index contributed by atoms with van der Waals surface area (Å²) in [6.45, 7) is 4.39. The van der Waals surface area contributed by atoms with Crippen LogP contribution in [0.2, 0.25) is 0 Å². The smallest absolute Gasteiger partial charge is 0.337 e. The highest BCUT2D eigenvalue weighted by atomic mass is 35.5. The Balaban J connectivity index is 0.00000323. The Labute approximate surface area is 256 Å². The SMILES string of the molecule is COC(=O)C1=C(C)NC(C)=C(C(=O)OC(CN(C)Cc2ccccc2)c2ccccc2)C1c1ccccc1[N+](=O)[O-].Cl.O. The molecule has 228 valence electrons. The molecule has 0 radical (unpaired) electrons. The third kappa shape index (κ3) is 8.07. The van der Waals surface area contributed by atoms with Crippen LogP contribution in [0.5, 0.6) is 0 Å². The van der Waals surface area contributed by atoms with E-state index < -0.39 is 28.9 Å². The van der Waals surface area contributed by atoms with Gasteiger partial charge < -0.3 is 20.3 Å². The number of carbonyl (C=O) groups is 2. The second-order valence-corrected chi connectivity index (χ2v) is 9.93. The van der Waals surface area contributed by atoms with Crippen LogP contribution in [0, 0.1) is 10.1 Å².